The Morgan fingerprint density at radius 3 is 2.52 bits per heavy atom. The molecule has 0 unspecified atom stereocenters. The van der Waals surface area contributed by atoms with Gasteiger partial charge in [0.15, 0.2) is 5.96 Å². The van der Waals surface area contributed by atoms with Crippen LogP contribution in [0.25, 0.3) is 0 Å². The molecule has 0 atom stereocenters. The number of piperazine rings is 1. The van der Waals surface area contributed by atoms with Gasteiger partial charge in [-0.3, -0.25) is 0 Å². The van der Waals surface area contributed by atoms with E-state index in [1.165, 1.54) is 0 Å². The van der Waals surface area contributed by atoms with E-state index in [4.69, 9.17) is 9.73 Å². The van der Waals surface area contributed by atoms with Crippen LogP contribution in [0.4, 0.5) is 5.82 Å². The second-order valence-corrected chi connectivity index (χ2v) is 7.59. The quantitative estimate of drug-likeness (QED) is 0.317. The van der Waals surface area contributed by atoms with E-state index in [1.54, 1.807) is 0 Å². The Morgan fingerprint density at radius 1 is 1.10 bits per heavy atom. The van der Waals surface area contributed by atoms with Crippen LogP contribution in [0.3, 0.4) is 0 Å². The number of hydrogen-bond acceptors (Lipinski definition) is 5. The van der Waals surface area contributed by atoms with Gasteiger partial charge in [-0.1, -0.05) is 24.3 Å². The molecule has 1 aromatic heterocycles. The van der Waals surface area contributed by atoms with Gasteiger partial charge in [-0.25, -0.2) is 9.98 Å². The highest BCUT2D eigenvalue weighted by molar-refractivity contribution is 14.0. The molecule has 1 aromatic carbocycles. The smallest absolute Gasteiger partial charge is 0.194 e. The molecule has 2 heterocycles. The van der Waals surface area contributed by atoms with Gasteiger partial charge in [-0.2, -0.15) is 0 Å². The summed E-state index contributed by atoms with van der Waals surface area (Å²) in [5.41, 5.74) is 1.11. The zero-order valence-electron chi connectivity index (χ0n) is 18.8. The van der Waals surface area contributed by atoms with Crippen molar-refractivity contribution in [1.29, 1.82) is 0 Å². The van der Waals surface area contributed by atoms with Gasteiger partial charge in [0.1, 0.15) is 18.2 Å². The molecule has 1 N–H and O–H groups in total. The number of guanidine groups is 1. The largest absolute Gasteiger partial charge is 0.492 e. The number of nitrogens with one attached hydrogen (secondary N) is 1. The minimum absolute atomic E-state index is 0. The zero-order valence-corrected chi connectivity index (χ0v) is 21.2. The van der Waals surface area contributed by atoms with Crippen molar-refractivity contribution in [2.24, 2.45) is 4.99 Å². The molecule has 170 valence electrons. The third-order valence-electron chi connectivity index (χ3n) is 5.06. The van der Waals surface area contributed by atoms with Gasteiger partial charge < -0.3 is 24.8 Å². The molecule has 0 spiro atoms. The Morgan fingerprint density at radius 2 is 1.84 bits per heavy atom. The van der Waals surface area contributed by atoms with Crippen LogP contribution in [-0.2, 0) is 6.54 Å². The fraction of sp³-hybridized carbons (Fsp3) is 0.478. The summed E-state index contributed by atoms with van der Waals surface area (Å²) >= 11 is 0. The molecule has 31 heavy (non-hydrogen) atoms. The molecule has 1 fully saturated rings. The maximum Gasteiger partial charge on any atom is 0.194 e. The first-order valence-corrected chi connectivity index (χ1v) is 10.7. The van der Waals surface area contributed by atoms with E-state index < -0.39 is 0 Å². The fourth-order valence-corrected chi connectivity index (χ4v) is 3.39. The van der Waals surface area contributed by atoms with Crippen molar-refractivity contribution in [3.05, 3.63) is 54.2 Å². The van der Waals surface area contributed by atoms with Crippen LogP contribution in [0.5, 0.6) is 5.75 Å². The van der Waals surface area contributed by atoms with Crippen LogP contribution < -0.4 is 15.0 Å². The van der Waals surface area contributed by atoms with E-state index in [-0.39, 0.29) is 24.0 Å². The van der Waals surface area contributed by atoms with E-state index in [2.05, 4.69) is 58.2 Å². The van der Waals surface area contributed by atoms with E-state index in [0.717, 1.165) is 62.4 Å². The Balaban J connectivity index is 0.00000341. The van der Waals surface area contributed by atoms with Crippen LogP contribution in [0.1, 0.15) is 12.5 Å². The highest BCUT2D eigenvalue weighted by Gasteiger charge is 2.20. The molecule has 1 aliphatic rings. The number of nitrogens with zero attached hydrogens (tertiary/aromatic N) is 5. The number of likely N-dealkylation sites (N-methyl/N-ethyl adjacent to an activating group) is 1. The van der Waals surface area contributed by atoms with Crippen LogP contribution in [0, 0.1) is 0 Å². The first-order valence-electron chi connectivity index (χ1n) is 10.7. The lowest BCUT2D eigenvalue weighted by Crippen LogP contribution is -2.52. The second kappa shape index (κ2) is 13.4. The number of aliphatic imine (C=N–C) groups is 1. The summed E-state index contributed by atoms with van der Waals surface area (Å²) in [6.45, 7) is 8.83. The average molecular weight is 538 g/mol. The Kier molecular flexibility index (Phi) is 10.9. The number of para-hydroxylation sites is 1. The van der Waals surface area contributed by atoms with Crippen molar-refractivity contribution >= 4 is 35.8 Å². The molecule has 0 radical (unpaired) electrons. The van der Waals surface area contributed by atoms with Crippen LogP contribution >= 0.6 is 24.0 Å². The Hall–Kier alpha value is -2.07. The van der Waals surface area contributed by atoms with Crippen molar-refractivity contribution in [1.82, 2.24) is 20.1 Å². The summed E-state index contributed by atoms with van der Waals surface area (Å²) < 4.78 is 5.99. The first kappa shape index (κ1) is 25.2. The summed E-state index contributed by atoms with van der Waals surface area (Å²) in [5.74, 6) is 2.92. The molecule has 0 bridgehead atoms. The average Bonchev–Trinajstić information content (AvgIpc) is 2.78. The molecule has 1 aliphatic heterocycles. The molecular weight excluding hydrogens is 503 g/mol. The lowest BCUT2D eigenvalue weighted by Gasteiger charge is -2.37. The number of halogens is 1. The topological polar surface area (TPSA) is 56.2 Å². The number of pyridine rings is 1. The summed E-state index contributed by atoms with van der Waals surface area (Å²) in [7, 11) is 4.10. The fourth-order valence-electron chi connectivity index (χ4n) is 3.39. The third kappa shape index (κ3) is 7.84. The maximum absolute atomic E-state index is 5.99. The molecule has 1 saturated heterocycles. The second-order valence-electron chi connectivity index (χ2n) is 7.59. The number of aromatic nitrogens is 1. The minimum Gasteiger partial charge on any atom is -0.492 e. The molecule has 0 aliphatic carbocycles. The molecular formula is C23H35IN6O. The lowest BCUT2D eigenvalue weighted by molar-refractivity contribution is 0.259. The van der Waals surface area contributed by atoms with E-state index in [9.17, 15) is 0 Å². The molecule has 8 heteroatoms. The van der Waals surface area contributed by atoms with Gasteiger partial charge in [-0.05, 0) is 39.2 Å². The predicted octanol–water partition coefficient (Wildman–Crippen LogP) is 2.93. The number of benzene rings is 1. The number of rotatable bonds is 8. The first-order chi connectivity index (χ1) is 14.7. The van der Waals surface area contributed by atoms with Crippen LogP contribution in [-0.4, -0.2) is 80.7 Å². The highest BCUT2D eigenvalue weighted by atomic mass is 127. The van der Waals surface area contributed by atoms with Crippen molar-refractivity contribution in [3.63, 3.8) is 0 Å². The van der Waals surface area contributed by atoms with E-state index in [0.29, 0.717) is 13.2 Å². The number of ether oxygens (including phenoxy) is 1. The van der Waals surface area contributed by atoms with Crippen LogP contribution in [0.2, 0.25) is 0 Å². The van der Waals surface area contributed by atoms with Crippen molar-refractivity contribution in [2.45, 2.75) is 13.5 Å². The summed E-state index contributed by atoms with van der Waals surface area (Å²) in [5, 5.41) is 3.45. The molecule has 0 saturated carbocycles. The SMILES string of the molecule is CCNC(=NCc1ccccc1OCCN(C)C)N1CCN(c2ccccn2)CC1.I. The Labute approximate surface area is 203 Å². The van der Waals surface area contributed by atoms with Crippen molar-refractivity contribution in [2.75, 3.05) is 64.9 Å². The molecule has 2 aromatic rings. The Bertz CT molecular complexity index is 794. The minimum atomic E-state index is 0. The number of hydrogen-bond donors (Lipinski definition) is 1. The van der Waals surface area contributed by atoms with E-state index in [1.807, 2.05) is 36.5 Å². The number of anilines is 1. The van der Waals surface area contributed by atoms with Crippen molar-refractivity contribution < 1.29 is 4.74 Å². The normalized spacial score (nSPS) is 14.4. The molecule has 0 amide bonds. The lowest BCUT2D eigenvalue weighted by atomic mass is 10.2. The summed E-state index contributed by atoms with van der Waals surface area (Å²) in [4.78, 5) is 16.2. The van der Waals surface area contributed by atoms with Gasteiger partial charge in [0.25, 0.3) is 0 Å². The van der Waals surface area contributed by atoms with Gasteiger partial charge in [0, 0.05) is 51.0 Å². The molecule has 3 rings (SSSR count). The van der Waals surface area contributed by atoms with Gasteiger partial charge >= 0.3 is 0 Å². The third-order valence-corrected chi connectivity index (χ3v) is 5.06. The molecule has 7 nitrogen and oxygen atoms in total. The highest BCUT2D eigenvalue weighted by Crippen LogP contribution is 2.19. The van der Waals surface area contributed by atoms with Crippen molar-refractivity contribution in [3.8, 4) is 5.75 Å². The maximum atomic E-state index is 5.99. The standard InChI is InChI=1S/C23H34N6O.HI/c1-4-24-23(29-15-13-28(14-16-29)22-11-7-8-12-25-22)26-19-20-9-5-6-10-21(20)30-18-17-27(2)3;/h5-12H,4,13-19H2,1-3H3,(H,24,26);1H. The predicted molar refractivity (Wildman–Crippen MR) is 139 cm³/mol. The summed E-state index contributed by atoms with van der Waals surface area (Å²) in [6, 6.07) is 14.2. The van der Waals surface area contributed by atoms with Crippen LogP contribution in [0.15, 0.2) is 53.7 Å². The van der Waals surface area contributed by atoms with Gasteiger partial charge in [0.2, 0.25) is 0 Å². The van der Waals surface area contributed by atoms with E-state index >= 15 is 0 Å². The van der Waals surface area contributed by atoms with Gasteiger partial charge in [0.05, 0.1) is 6.54 Å². The van der Waals surface area contributed by atoms with Gasteiger partial charge in [-0.15, -0.1) is 24.0 Å². The monoisotopic (exact) mass is 538 g/mol. The zero-order chi connectivity index (χ0) is 21.2. The summed E-state index contributed by atoms with van der Waals surface area (Å²) in [6.07, 6.45) is 1.85.